The van der Waals surface area contributed by atoms with Gasteiger partial charge in [0.1, 0.15) is 17.0 Å². The second kappa shape index (κ2) is 8.06. The van der Waals surface area contributed by atoms with Crippen molar-refractivity contribution >= 4 is 44.8 Å². The molecular weight excluding hydrogens is 435 g/mol. The van der Waals surface area contributed by atoms with Gasteiger partial charge in [0.2, 0.25) is 10.0 Å². The molecule has 4 rings (SSSR count). The van der Waals surface area contributed by atoms with Gasteiger partial charge >= 0.3 is 0 Å². The Labute approximate surface area is 179 Å². The van der Waals surface area contributed by atoms with Crippen molar-refractivity contribution in [1.82, 2.24) is 23.9 Å². The third-order valence-corrected chi connectivity index (χ3v) is 7.76. The van der Waals surface area contributed by atoms with Crippen molar-refractivity contribution in [3.8, 4) is 0 Å². The zero-order chi connectivity index (χ0) is 20.6. The molecule has 0 spiro atoms. The molecule has 1 aliphatic rings. The molecule has 0 radical (unpaired) electrons. The Morgan fingerprint density at radius 3 is 2.62 bits per heavy atom. The number of fused-ring (bicyclic) bond motifs is 1. The van der Waals surface area contributed by atoms with Crippen LogP contribution in [0.3, 0.4) is 0 Å². The minimum absolute atomic E-state index is 0.0351. The lowest BCUT2D eigenvalue weighted by atomic mass is 10.2. The molecule has 154 valence electrons. The molecule has 8 nitrogen and oxygen atoms in total. The largest absolute Gasteiger partial charge is 0.354 e. The van der Waals surface area contributed by atoms with E-state index in [1.54, 1.807) is 16.6 Å². The normalized spacial score (nSPS) is 15.9. The number of nitrogens with zero attached hydrogens (tertiary/aromatic N) is 6. The Hall–Kier alpha value is -1.94. The highest BCUT2D eigenvalue weighted by Crippen LogP contribution is 2.31. The van der Waals surface area contributed by atoms with Crippen molar-refractivity contribution in [3.05, 3.63) is 46.3 Å². The number of hydrogen-bond donors (Lipinski definition) is 0. The molecule has 3 aromatic rings. The summed E-state index contributed by atoms with van der Waals surface area (Å²) in [6.07, 6.45) is 3.30. The fourth-order valence-electron chi connectivity index (χ4n) is 3.43. The van der Waals surface area contributed by atoms with Crippen LogP contribution in [-0.4, -0.2) is 58.5 Å². The Morgan fingerprint density at radius 1 is 1.14 bits per heavy atom. The zero-order valence-corrected chi connectivity index (χ0v) is 18.1. The molecule has 0 aliphatic carbocycles. The number of piperazine rings is 1. The van der Waals surface area contributed by atoms with E-state index in [4.69, 9.17) is 23.2 Å². The summed E-state index contributed by atoms with van der Waals surface area (Å²) in [6.45, 7) is 3.78. The average molecular weight is 455 g/mol. The summed E-state index contributed by atoms with van der Waals surface area (Å²) >= 11 is 12.2. The standard InChI is InChI=1S/C18H20Cl2N6O2S/c1-2-4-13-11-16(26-18(23-13)21-12-22-26)24-7-9-25(10-8-24)29(27,28)15-6-3-5-14(19)17(15)20/h3,5-6,11-12H,2,4,7-10H2,1H3. The molecule has 0 bridgehead atoms. The number of hydrogen-bond acceptors (Lipinski definition) is 6. The first-order chi connectivity index (χ1) is 13.9. The highest BCUT2D eigenvalue weighted by atomic mass is 35.5. The van der Waals surface area contributed by atoms with E-state index in [1.807, 2.05) is 6.07 Å². The third kappa shape index (κ3) is 3.79. The van der Waals surface area contributed by atoms with Crippen LogP contribution >= 0.6 is 23.2 Å². The number of aromatic nitrogens is 4. The van der Waals surface area contributed by atoms with Crippen LogP contribution in [0.2, 0.25) is 10.0 Å². The van der Waals surface area contributed by atoms with Crippen molar-refractivity contribution in [3.63, 3.8) is 0 Å². The molecule has 0 saturated carbocycles. The molecule has 0 N–H and O–H groups in total. The quantitative estimate of drug-likeness (QED) is 0.589. The SMILES string of the molecule is CCCc1cc(N2CCN(S(=O)(=O)c3cccc(Cl)c3Cl)CC2)n2ncnc2n1. The lowest BCUT2D eigenvalue weighted by molar-refractivity contribution is 0.383. The number of halogens is 2. The summed E-state index contributed by atoms with van der Waals surface area (Å²) in [5, 5.41) is 4.55. The van der Waals surface area contributed by atoms with Crippen LogP contribution in [-0.2, 0) is 16.4 Å². The van der Waals surface area contributed by atoms with Gasteiger partial charge in [-0.2, -0.15) is 18.9 Å². The van der Waals surface area contributed by atoms with Crippen LogP contribution in [0, 0.1) is 0 Å². The maximum absolute atomic E-state index is 13.0. The van der Waals surface area contributed by atoms with E-state index in [9.17, 15) is 8.42 Å². The molecule has 0 atom stereocenters. The topological polar surface area (TPSA) is 83.7 Å². The Morgan fingerprint density at radius 2 is 1.90 bits per heavy atom. The summed E-state index contributed by atoms with van der Waals surface area (Å²) in [5.74, 6) is 1.42. The fourth-order valence-corrected chi connectivity index (χ4v) is 5.59. The monoisotopic (exact) mass is 454 g/mol. The van der Waals surface area contributed by atoms with Gasteiger partial charge in [-0.15, -0.1) is 0 Å². The molecule has 1 aliphatic heterocycles. The van der Waals surface area contributed by atoms with Crippen LogP contribution in [0.25, 0.3) is 5.78 Å². The first-order valence-corrected chi connectivity index (χ1v) is 11.5. The lowest BCUT2D eigenvalue weighted by Gasteiger charge is -2.35. The van der Waals surface area contributed by atoms with Gasteiger partial charge in [-0.05, 0) is 18.6 Å². The smallest absolute Gasteiger partial charge is 0.254 e. The molecule has 3 heterocycles. The summed E-state index contributed by atoms with van der Waals surface area (Å²) < 4.78 is 29.2. The van der Waals surface area contributed by atoms with E-state index in [0.29, 0.717) is 32.0 Å². The van der Waals surface area contributed by atoms with E-state index < -0.39 is 10.0 Å². The van der Waals surface area contributed by atoms with Crippen molar-refractivity contribution in [2.24, 2.45) is 0 Å². The average Bonchev–Trinajstić information content (AvgIpc) is 3.18. The van der Waals surface area contributed by atoms with Gasteiger partial charge in [0, 0.05) is 37.9 Å². The Kier molecular flexibility index (Phi) is 5.65. The number of rotatable bonds is 5. The van der Waals surface area contributed by atoms with Crippen LogP contribution in [0.15, 0.2) is 35.5 Å². The minimum atomic E-state index is -3.73. The second-order valence-electron chi connectivity index (χ2n) is 6.77. The predicted molar refractivity (Wildman–Crippen MR) is 112 cm³/mol. The Balaban J connectivity index is 1.58. The third-order valence-electron chi connectivity index (χ3n) is 4.89. The molecule has 1 saturated heterocycles. The molecule has 2 aromatic heterocycles. The van der Waals surface area contributed by atoms with Gasteiger partial charge in [-0.1, -0.05) is 42.6 Å². The van der Waals surface area contributed by atoms with E-state index in [0.717, 1.165) is 24.4 Å². The van der Waals surface area contributed by atoms with Gasteiger partial charge in [-0.25, -0.2) is 13.4 Å². The van der Waals surface area contributed by atoms with E-state index in [2.05, 4.69) is 26.9 Å². The molecule has 0 amide bonds. The fraction of sp³-hybridized carbons (Fsp3) is 0.389. The van der Waals surface area contributed by atoms with Crippen molar-refractivity contribution in [2.45, 2.75) is 24.7 Å². The highest BCUT2D eigenvalue weighted by Gasteiger charge is 2.31. The van der Waals surface area contributed by atoms with Crippen molar-refractivity contribution in [2.75, 3.05) is 31.1 Å². The molecule has 1 fully saturated rings. The summed E-state index contributed by atoms with van der Waals surface area (Å²) in [4.78, 5) is 10.9. The molecule has 1 aromatic carbocycles. The van der Waals surface area contributed by atoms with Crippen molar-refractivity contribution in [1.29, 1.82) is 0 Å². The maximum Gasteiger partial charge on any atom is 0.254 e. The summed E-state index contributed by atoms with van der Waals surface area (Å²) in [5.41, 5.74) is 0.948. The zero-order valence-electron chi connectivity index (χ0n) is 15.8. The Bertz CT molecular complexity index is 1140. The summed E-state index contributed by atoms with van der Waals surface area (Å²) in [6, 6.07) is 6.64. The van der Waals surface area contributed by atoms with Crippen LogP contribution in [0.5, 0.6) is 0 Å². The van der Waals surface area contributed by atoms with E-state index in [-0.39, 0.29) is 14.9 Å². The summed E-state index contributed by atoms with van der Waals surface area (Å²) in [7, 11) is -3.73. The predicted octanol–water partition coefficient (Wildman–Crippen LogP) is 2.89. The van der Waals surface area contributed by atoms with E-state index in [1.165, 1.54) is 16.7 Å². The van der Waals surface area contributed by atoms with E-state index >= 15 is 0 Å². The van der Waals surface area contributed by atoms with Crippen LogP contribution < -0.4 is 4.90 Å². The number of benzene rings is 1. The number of anilines is 1. The van der Waals surface area contributed by atoms with Gasteiger partial charge in [0.15, 0.2) is 0 Å². The maximum atomic E-state index is 13.0. The first-order valence-electron chi connectivity index (χ1n) is 9.30. The van der Waals surface area contributed by atoms with Gasteiger partial charge in [0.05, 0.1) is 10.0 Å². The lowest BCUT2D eigenvalue weighted by Crippen LogP contribution is -2.49. The number of sulfonamides is 1. The van der Waals surface area contributed by atoms with Gasteiger partial charge < -0.3 is 4.90 Å². The van der Waals surface area contributed by atoms with Crippen molar-refractivity contribution < 1.29 is 8.42 Å². The minimum Gasteiger partial charge on any atom is -0.354 e. The number of aryl methyl sites for hydroxylation is 1. The van der Waals surface area contributed by atoms with Crippen LogP contribution in [0.4, 0.5) is 5.82 Å². The highest BCUT2D eigenvalue weighted by molar-refractivity contribution is 7.89. The molecule has 29 heavy (non-hydrogen) atoms. The van der Waals surface area contributed by atoms with Gasteiger partial charge in [0.25, 0.3) is 5.78 Å². The van der Waals surface area contributed by atoms with Gasteiger partial charge in [-0.3, -0.25) is 0 Å². The second-order valence-corrected chi connectivity index (χ2v) is 9.46. The molecule has 0 unspecified atom stereocenters. The molecule has 11 heteroatoms. The molecular formula is C18H20Cl2N6O2S. The van der Waals surface area contributed by atoms with Crippen LogP contribution in [0.1, 0.15) is 19.0 Å². The first kappa shape index (κ1) is 20.3.